The number of hydrogen-bond acceptors (Lipinski definition) is 2. The molecular weight excluding hydrogens is 270 g/mol. The molecule has 0 aliphatic rings. The van der Waals surface area contributed by atoms with Gasteiger partial charge in [0.2, 0.25) is 0 Å². The van der Waals surface area contributed by atoms with Crippen LogP contribution >= 0.6 is 0 Å². The maximum atomic E-state index is 5.17. The van der Waals surface area contributed by atoms with Crippen molar-refractivity contribution in [3.8, 4) is 5.75 Å². The van der Waals surface area contributed by atoms with E-state index in [1.54, 1.807) is 7.11 Å². The van der Waals surface area contributed by atoms with Crippen LogP contribution in [0.3, 0.4) is 0 Å². The molecule has 114 valence electrons. The summed E-state index contributed by atoms with van der Waals surface area (Å²) in [4.78, 5) is 2.24. The third-order valence-electron chi connectivity index (χ3n) is 3.45. The highest BCUT2D eigenvalue weighted by Gasteiger charge is 2.06. The van der Waals surface area contributed by atoms with Gasteiger partial charge in [-0.2, -0.15) is 0 Å². The van der Waals surface area contributed by atoms with E-state index in [1.165, 1.54) is 5.69 Å². The Labute approximate surface area is 133 Å². The van der Waals surface area contributed by atoms with Crippen LogP contribution in [0.5, 0.6) is 5.75 Å². The lowest BCUT2D eigenvalue weighted by molar-refractivity contribution is 0.415. The maximum absolute atomic E-state index is 5.17. The summed E-state index contributed by atoms with van der Waals surface area (Å²) >= 11 is 0. The average molecular weight is 293 g/mol. The van der Waals surface area contributed by atoms with Crippen molar-refractivity contribution in [3.63, 3.8) is 0 Å². The van der Waals surface area contributed by atoms with Gasteiger partial charge in [-0.25, -0.2) is 0 Å². The molecule has 2 aromatic carbocycles. The Morgan fingerprint density at radius 2 is 1.77 bits per heavy atom. The lowest BCUT2D eigenvalue weighted by atomic mass is 10.2. The van der Waals surface area contributed by atoms with Crippen LogP contribution in [-0.4, -0.2) is 13.7 Å². The van der Waals surface area contributed by atoms with Crippen molar-refractivity contribution >= 4 is 11.8 Å². The Balaban J connectivity index is 2.11. The van der Waals surface area contributed by atoms with E-state index in [4.69, 9.17) is 4.74 Å². The molecule has 0 aliphatic heterocycles. The van der Waals surface area contributed by atoms with Crippen molar-refractivity contribution in [2.75, 3.05) is 18.6 Å². The molecule has 0 fully saturated rings. The first-order chi connectivity index (χ1) is 10.7. The standard InChI is InChI=1S/C20H23NO/c1-4-16-21(19-8-6-5-7-9-19)17(2)10-11-18-12-14-20(22-3)15-13-18/h5-15H,2,4,16H2,1,3H3/b11-10+. The molecule has 0 N–H and O–H groups in total. The summed E-state index contributed by atoms with van der Waals surface area (Å²) in [6.07, 6.45) is 5.21. The number of anilines is 1. The number of hydrogen-bond donors (Lipinski definition) is 0. The minimum Gasteiger partial charge on any atom is -0.497 e. The van der Waals surface area contributed by atoms with Crippen LogP contribution < -0.4 is 9.64 Å². The molecule has 2 aromatic rings. The number of rotatable bonds is 7. The van der Waals surface area contributed by atoms with E-state index in [1.807, 2.05) is 30.3 Å². The molecule has 0 radical (unpaired) electrons. The first-order valence-corrected chi connectivity index (χ1v) is 7.58. The molecule has 0 heterocycles. The summed E-state index contributed by atoms with van der Waals surface area (Å²) in [6, 6.07) is 18.4. The van der Waals surface area contributed by atoms with Crippen LogP contribution in [0.1, 0.15) is 18.9 Å². The second-order valence-electron chi connectivity index (χ2n) is 5.09. The third kappa shape index (κ3) is 4.26. The number of benzene rings is 2. The van der Waals surface area contributed by atoms with Gasteiger partial charge in [0.1, 0.15) is 5.75 Å². The monoisotopic (exact) mass is 293 g/mol. The van der Waals surface area contributed by atoms with Crippen molar-refractivity contribution in [3.05, 3.63) is 78.5 Å². The topological polar surface area (TPSA) is 12.5 Å². The minimum absolute atomic E-state index is 0.868. The highest BCUT2D eigenvalue weighted by molar-refractivity contribution is 5.59. The van der Waals surface area contributed by atoms with Crippen LogP contribution in [-0.2, 0) is 0 Å². The average Bonchev–Trinajstić information content (AvgIpc) is 2.58. The van der Waals surface area contributed by atoms with E-state index >= 15 is 0 Å². The fraction of sp³-hybridized carbons (Fsp3) is 0.200. The van der Waals surface area contributed by atoms with Crippen molar-refractivity contribution in [1.29, 1.82) is 0 Å². The van der Waals surface area contributed by atoms with Gasteiger partial charge in [0.15, 0.2) is 0 Å². The van der Waals surface area contributed by atoms with Gasteiger partial charge in [0.25, 0.3) is 0 Å². The van der Waals surface area contributed by atoms with Crippen molar-refractivity contribution in [1.82, 2.24) is 0 Å². The number of allylic oxidation sites excluding steroid dienone is 1. The first kappa shape index (κ1) is 15.9. The van der Waals surface area contributed by atoms with E-state index in [0.29, 0.717) is 0 Å². The van der Waals surface area contributed by atoms with Crippen LogP contribution in [0.2, 0.25) is 0 Å². The number of para-hydroxylation sites is 1. The minimum atomic E-state index is 0.868. The number of ether oxygens (including phenoxy) is 1. The van der Waals surface area contributed by atoms with Crippen molar-refractivity contribution in [2.24, 2.45) is 0 Å². The Hall–Kier alpha value is -2.48. The molecule has 2 nitrogen and oxygen atoms in total. The predicted octanol–water partition coefficient (Wildman–Crippen LogP) is 5.14. The van der Waals surface area contributed by atoms with Gasteiger partial charge >= 0.3 is 0 Å². The Morgan fingerprint density at radius 1 is 1.09 bits per heavy atom. The van der Waals surface area contributed by atoms with Gasteiger partial charge in [0.05, 0.1) is 7.11 Å². The smallest absolute Gasteiger partial charge is 0.118 e. The zero-order chi connectivity index (χ0) is 15.8. The molecule has 0 spiro atoms. The largest absolute Gasteiger partial charge is 0.497 e. The lowest BCUT2D eigenvalue weighted by Gasteiger charge is -2.24. The van der Waals surface area contributed by atoms with Crippen LogP contribution in [0.25, 0.3) is 6.08 Å². The maximum Gasteiger partial charge on any atom is 0.118 e. The lowest BCUT2D eigenvalue weighted by Crippen LogP contribution is -2.21. The summed E-state index contributed by atoms with van der Waals surface area (Å²) in [7, 11) is 1.68. The fourth-order valence-corrected chi connectivity index (χ4v) is 2.27. The molecular formula is C20H23NO. The van der Waals surface area contributed by atoms with E-state index < -0.39 is 0 Å². The summed E-state index contributed by atoms with van der Waals surface area (Å²) in [5, 5.41) is 0. The second kappa shape index (κ2) is 8.08. The zero-order valence-electron chi connectivity index (χ0n) is 13.3. The quantitative estimate of drug-likeness (QED) is 0.655. The fourth-order valence-electron chi connectivity index (χ4n) is 2.27. The zero-order valence-corrected chi connectivity index (χ0v) is 13.3. The summed E-state index contributed by atoms with van der Waals surface area (Å²) in [5.41, 5.74) is 3.30. The molecule has 2 heteroatoms. The highest BCUT2D eigenvalue weighted by atomic mass is 16.5. The van der Waals surface area contributed by atoms with Gasteiger partial charge in [0, 0.05) is 17.9 Å². The molecule has 2 rings (SSSR count). The molecule has 0 aliphatic carbocycles. The number of methoxy groups -OCH3 is 1. The number of nitrogens with zero attached hydrogens (tertiary/aromatic N) is 1. The normalized spacial score (nSPS) is 10.6. The molecule has 0 amide bonds. The Morgan fingerprint density at radius 3 is 2.36 bits per heavy atom. The third-order valence-corrected chi connectivity index (χ3v) is 3.45. The van der Waals surface area contributed by atoms with Gasteiger partial charge in [-0.15, -0.1) is 0 Å². The highest BCUT2D eigenvalue weighted by Crippen LogP contribution is 2.20. The molecule has 0 bridgehead atoms. The molecule has 0 unspecified atom stereocenters. The molecule has 0 atom stereocenters. The van der Waals surface area contributed by atoms with Crippen LogP contribution in [0.15, 0.2) is 72.9 Å². The second-order valence-corrected chi connectivity index (χ2v) is 5.09. The predicted molar refractivity (Wildman–Crippen MR) is 95.2 cm³/mol. The summed E-state index contributed by atoms with van der Waals surface area (Å²) in [6.45, 7) is 7.34. The molecule has 0 aromatic heterocycles. The molecule has 22 heavy (non-hydrogen) atoms. The first-order valence-electron chi connectivity index (χ1n) is 7.58. The Bertz CT molecular complexity index is 614. The van der Waals surface area contributed by atoms with Gasteiger partial charge < -0.3 is 9.64 Å². The summed E-state index contributed by atoms with van der Waals surface area (Å²) in [5.74, 6) is 0.868. The van der Waals surface area contributed by atoms with E-state index in [-0.39, 0.29) is 0 Å². The van der Waals surface area contributed by atoms with Crippen LogP contribution in [0.4, 0.5) is 5.69 Å². The summed E-state index contributed by atoms with van der Waals surface area (Å²) < 4.78 is 5.17. The van der Waals surface area contributed by atoms with Gasteiger partial charge in [-0.1, -0.05) is 49.9 Å². The van der Waals surface area contributed by atoms with Gasteiger partial charge in [-0.3, -0.25) is 0 Å². The Kier molecular flexibility index (Phi) is 5.84. The van der Waals surface area contributed by atoms with Crippen molar-refractivity contribution in [2.45, 2.75) is 13.3 Å². The van der Waals surface area contributed by atoms with E-state index in [9.17, 15) is 0 Å². The van der Waals surface area contributed by atoms with E-state index in [2.05, 4.69) is 54.8 Å². The van der Waals surface area contributed by atoms with Crippen LogP contribution in [0, 0.1) is 0 Å². The van der Waals surface area contributed by atoms with Crippen molar-refractivity contribution < 1.29 is 4.74 Å². The molecule has 0 saturated heterocycles. The van der Waals surface area contributed by atoms with Gasteiger partial charge in [-0.05, 0) is 42.3 Å². The SMILES string of the molecule is C=C(/C=C/c1ccc(OC)cc1)N(CCC)c1ccccc1. The van der Waals surface area contributed by atoms with E-state index in [0.717, 1.165) is 30.0 Å². The molecule has 0 saturated carbocycles.